The molecule has 0 saturated carbocycles. The summed E-state index contributed by atoms with van der Waals surface area (Å²) in [5, 5.41) is 4.67. The van der Waals surface area contributed by atoms with Gasteiger partial charge in [-0.1, -0.05) is 0 Å². The molecule has 2 aromatic heterocycles. The van der Waals surface area contributed by atoms with Gasteiger partial charge >= 0.3 is 6.18 Å². The molecule has 2 heterocycles. The van der Waals surface area contributed by atoms with Crippen LogP contribution in [-0.4, -0.2) is 23.2 Å². The van der Waals surface area contributed by atoms with Gasteiger partial charge in [0.05, 0.1) is 5.75 Å². The van der Waals surface area contributed by atoms with Crippen molar-refractivity contribution in [2.45, 2.75) is 17.7 Å². The number of hydrogen-bond acceptors (Lipinski definition) is 5. The fraction of sp³-hybridized carbons (Fsp3) is 0.400. The SMILES string of the molecule is Cn1cc(CS(=O)(=O)Cc2nc(C(F)(F)F)cs2)c(Br)n1. The van der Waals surface area contributed by atoms with Crippen LogP contribution in [-0.2, 0) is 34.6 Å². The minimum absolute atomic E-state index is 0.0812. The number of aryl methyl sites for hydroxylation is 1. The Hall–Kier alpha value is -0.940. The Kier molecular flexibility index (Phi) is 4.45. The lowest BCUT2D eigenvalue weighted by atomic mass is 10.4. The van der Waals surface area contributed by atoms with E-state index in [1.807, 2.05) is 0 Å². The van der Waals surface area contributed by atoms with Gasteiger partial charge in [0.25, 0.3) is 0 Å². The lowest BCUT2D eigenvalue weighted by molar-refractivity contribution is -0.140. The van der Waals surface area contributed by atoms with E-state index >= 15 is 0 Å². The van der Waals surface area contributed by atoms with E-state index in [9.17, 15) is 21.6 Å². The maximum absolute atomic E-state index is 12.4. The van der Waals surface area contributed by atoms with E-state index < -0.39 is 27.5 Å². The van der Waals surface area contributed by atoms with Crippen LogP contribution in [0.5, 0.6) is 0 Å². The fourth-order valence-corrected chi connectivity index (χ4v) is 4.89. The predicted molar refractivity (Wildman–Crippen MR) is 74.4 cm³/mol. The van der Waals surface area contributed by atoms with Crippen LogP contribution in [0.2, 0.25) is 0 Å². The van der Waals surface area contributed by atoms with Crippen LogP contribution in [0.25, 0.3) is 0 Å². The maximum atomic E-state index is 12.4. The van der Waals surface area contributed by atoms with E-state index in [2.05, 4.69) is 26.0 Å². The highest BCUT2D eigenvalue weighted by atomic mass is 79.9. The molecule has 0 saturated heterocycles. The summed E-state index contributed by atoms with van der Waals surface area (Å²) in [5.41, 5.74) is -0.620. The molecule has 0 spiro atoms. The van der Waals surface area contributed by atoms with Gasteiger partial charge in [0.15, 0.2) is 15.5 Å². The largest absolute Gasteiger partial charge is 0.434 e. The van der Waals surface area contributed by atoms with Gasteiger partial charge in [0.1, 0.15) is 15.4 Å². The smallest absolute Gasteiger partial charge is 0.274 e. The highest BCUT2D eigenvalue weighted by molar-refractivity contribution is 9.10. The van der Waals surface area contributed by atoms with E-state index in [0.29, 0.717) is 21.5 Å². The summed E-state index contributed by atoms with van der Waals surface area (Å²) in [6.45, 7) is 0. The van der Waals surface area contributed by atoms with Crippen molar-refractivity contribution in [2.24, 2.45) is 7.05 Å². The van der Waals surface area contributed by atoms with Gasteiger partial charge in [0.2, 0.25) is 0 Å². The van der Waals surface area contributed by atoms with Crippen LogP contribution in [0.15, 0.2) is 16.2 Å². The predicted octanol–water partition coefficient (Wildman–Crippen LogP) is 2.77. The second-order valence-corrected chi connectivity index (χ2v) is 8.03. The molecule has 0 aliphatic heterocycles. The minimum atomic E-state index is -4.56. The van der Waals surface area contributed by atoms with Crippen LogP contribution in [0.1, 0.15) is 16.3 Å². The molecule has 21 heavy (non-hydrogen) atoms. The number of hydrogen-bond donors (Lipinski definition) is 0. The molecule has 0 unspecified atom stereocenters. The molecule has 11 heteroatoms. The van der Waals surface area contributed by atoms with Gasteiger partial charge in [-0.15, -0.1) is 11.3 Å². The molecule has 0 fully saturated rings. The summed E-state index contributed by atoms with van der Waals surface area (Å²) in [6.07, 6.45) is -3.03. The summed E-state index contributed by atoms with van der Waals surface area (Å²) >= 11 is 3.81. The summed E-state index contributed by atoms with van der Waals surface area (Å²) in [6, 6.07) is 0. The molecule has 0 radical (unpaired) electrons. The quantitative estimate of drug-likeness (QED) is 0.786. The zero-order valence-electron chi connectivity index (χ0n) is 10.6. The van der Waals surface area contributed by atoms with Crippen molar-refractivity contribution in [1.82, 2.24) is 14.8 Å². The molecule has 0 aromatic carbocycles. The third kappa shape index (κ3) is 4.27. The van der Waals surface area contributed by atoms with Gasteiger partial charge in [-0.05, 0) is 15.9 Å². The lowest BCUT2D eigenvalue weighted by Gasteiger charge is -2.02. The molecule has 0 aliphatic rings. The molecular weight excluding hydrogens is 395 g/mol. The second-order valence-electron chi connectivity index (χ2n) is 4.28. The Morgan fingerprint density at radius 2 is 2.05 bits per heavy atom. The zero-order valence-corrected chi connectivity index (χ0v) is 13.8. The number of nitrogens with zero attached hydrogens (tertiary/aromatic N) is 3. The van der Waals surface area contributed by atoms with Gasteiger partial charge in [-0.3, -0.25) is 4.68 Å². The number of sulfone groups is 1. The normalized spacial score (nSPS) is 12.8. The Labute approximate surface area is 130 Å². The first-order chi connectivity index (χ1) is 9.57. The van der Waals surface area contributed by atoms with Crippen molar-refractivity contribution >= 4 is 37.1 Å². The molecule has 0 amide bonds. The third-order valence-electron chi connectivity index (χ3n) is 2.41. The van der Waals surface area contributed by atoms with E-state index in [1.165, 1.54) is 10.9 Å². The monoisotopic (exact) mass is 403 g/mol. The average molecular weight is 404 g/mol. The zero-order chi connectivity index (χ0) is 15.8. The Bertz CT molecular complexity index is 752. The minimum Gasteiger partial charge on any atom is -0.274 e. The highest BCUT2D eigenvalue weighted by Crippen LogP contribution is 2.30. The van der Waals surface area contributed by atoms with Crippen molar-refractivity contribution in [3.8, 4) is 0 Å². The van der Waals surface area contributed by atoms with Crippen LogP contribution >= 0.6 is 27.3 Å². The first kappa shape index (κ1) is 16.4. The second kappa shape index (κ2) is 5.69. The summed E-state index contributed by atoms with van der Waals surface area (Å²) in [5.74, 6) is -0.850. The van der Waals surface area contributed by atoms with Crippen LogP contribution < -0.4 is 0 Å². The van der Waals surface area contributed by atoms with E-state index in [4.69, 9.17) is 0 Å². The number of rotatable bonds is 4. The molecule has 2 aromatic rings. The summed E-state index contributed by atoms with van der Waals surface area (Å²) in [4.78, 5) is 3.32. The Morgan fingerprint density at radius 1 is 1.38 bits per heavy atom. The molecule has 0 aliphatic carbocycles. The molecular formula is C10H9BrF3N3O2S2. The van der Waals surface area contributed by atoms with Crippen molar-refractivity contribution in [3.05, 3.63) is 32.4 Å². The van der Waals surface area contributed by atoms with Gasteiger partial charge in [-0.25, -0.2) is 13.4 Å². The number of thiazole rings is 1. The Morgan fingerprint density at radius 3 is 2.52 bits per heavy atom. The molecule has 0 bridgehead atoms. The third-order valence-corrected chi connectivity index (χ3v) is 5.58. The molecule has 5 nitrogen and oxygen atoms in total. The van der Waals surface area contributed by atoms with Crippen molar-refractivity contribution < 1.29 is 21.6 Å². The first-order valence-electron chi connectivity index (χ1n) is 5.47. The topological polar surface area (TPSA) is 64.8 Å². The summed E-state index contributed by atoms with van der Waals surface area (Å²) in [7, 11) is -2.00. The van der Waals surface area contributed by atoms with Crippen LogP contribution in [0, 0.1) is 0 Å². The maximum Gasteiger partial charge on any atom is 0.434 e. The van der Waals surface area contributed by atoms with E-state index in [-0.39, 0.29) is 10.8 Å². The molecule has 116 valence electrons. The van der Waals surface area contributed by atoms with Crippen LogP contribution in [0.4, 0.5) is 13.2 Å². The van der Waals surface area contributed by atoms with Crippen molar-refractivity contribution in [1.29, 1.82) is 0 Å². The molecule has 0 N–H and O–H groups in total. The number of alkyl halides is 3. The van der Waals surface area contributed by atoms with Gasteiger partial charge < -0.3 is 0 Å². The first-order valence-corrected chi connectivity index (χ1v) is 8.96. The lowest BCUT2D eigenvalue weighted by Crippen LogP contribution is -2.09. The number of halogens is 4. The summed E-state index contributed by atoms with van der Waals surface area (Å²) < 4.78 is 63.1. The van der Waals surface area contributed by atoms with Crippen molar-refractivity contribution in [3.63, 3.8) is 0 Å². The highest BCUT2D eigenvalue weighted by Gasteiger charge is 2.34. The Balaban J connectivity index is 2.14. The number of aromatic nitrogens is 3. The van der Waals surface area contributed by atoms with Gasteiger partial charge in [-0.2, -0.15) is 18.3 Å². The van der Waals surface area contributed by atoms with Crippen molar-refractivity contribution in [2.75, 3.05) is 0 Å². The standard InChI is InChI=1S/C10H9BrF3N3O2S2/c1-17-2-6(9(11)16-17)4-21(18,19)5-8-15-7(3-20-8)10(12,13)14/h2-3H,4-5H2,1H3. The van der Waals surface area contributed by atoms with Gasteiger partial charge in [0, 0.05) is 24.2 Å². The van der Waals surface area contributed by atoms with E-state index in [1.54, 1.807) is 7.05 Å². The van der Waals surface area contributed by atoms with Crippen LogP contribution in [0.3, 0.4) is 0 Å². The average Bonchev–Trinajstić information content (AvgIpc) is 2.85. The fourth-order valence-electron chi connectivity index (χ4n) is 1.59. The van der Waals surface area contributed by atoms with E-state index in [0.717, 1.165) is 5.38 Å². The molecule has 2 rings (SSSR count). The molecule has 0 atom stereocenters.